The van der Waals surface area contributed by atoms with Crippen LogP contribution in [0.25, 0.3) is 0 Å². The van der Waals surface area contributed by atoms with E-state index in [2.05, 4.69) is 338 Å². The molecule has 7 aromatic rings. The lowest BCUT2D eigenvalue weighted by Crippen LogP contribution is -2.03. The maximum Gasteiger partial charge on any atom is 0.0684 e. The van der Waals surface area contributed by atoms with Crippen LogP contribution in [0.3, 0.4) is 0 Å². The number of aromatic nitrogens is 6. The molecule has 0 fully saturated rings. The van der Waals surface area contributed by atoms with E-state index in [9.17, 15) is 0 Å². The van der Waals surface area contributed by atoms with Crippen molar-refractivity contribution in [1.82, 2.24) is 29.5 Å². The maximum atomic E-state index is 4.45. The van der Waals surface area contributed by atoms with Crippen LogP contribution in [0.1, 0.15) is 383 Å². The summed E-state index contributed by atoms with van der Waals surface area (Å²) in [6.07, 6.45) is 13.9. The second-order valence-electron chi connectivity index (χ2n) is 31.1. The van der Waals surface area contributed by atoms with Crippen LogP contribution < -0.4 is 0 Å². The molecule has 0 spiro atoms. The SMILES string of the molecule is CC(C)C1=C(C(C)C)CN=C1.CC(C)c1ccccc1C(C)C.CC(C)c1ccccc1C(C)C.CC(C)c1ccccc1C(C)C.CC(C)c1ccncc1C(C)C.CC(C)c1ccncc1C(C)C.CC(C)c1cn(C)nc1C(C)C.CC(C)c1cnn(C)c1C(C)C. The summed E-state index contributed by atoms with van der Waals surface area (Å²) in [5.74, 6) is 9.77. The molecule has 1 aliphatic rings. The lowest BCUT2D eigenvalue weighted by Gasteiger charge is -2.14. The van der Waals surface area contributed by atoms with Crippen molar-refractivity contribution in [3.05, 3.63) is 211 Å². The van der Waals surface area contributed by atoms with Gasteiger partial charge < -0.3 is 0 Å². The molecule has 0 unspecified atom stereocenters. The van der Waals surface area contributed by atoms with Crippen molar-refractivity contribution in [2.75, 3.05) is 6.54 Å². The van der Waals surface area contributed by atoms with Crippen molar-refractivity contribution in [1.29, 1.82) is 0 Å². The molecule has 0 aliphatic carbocycles. The van der Waals surface area contributed by atoms with E-state index >= 15 is 0 Å². The first-order valence-corrected chi connectivity index (χ1v) is 36.7. The molecular formula is C88H141N7. The minimum atomic E-state index is 0.531. The lowest BCUT2D eigenvalue weighted by molar-refractivity contribution is 0.658. The highest BCUT2D eigenvalue weighted by atomic mass is 15.3. The zero-order valence-corrected chi connectivity index (χ0v) is 67.2. The fourth-order valence-corrected chi connectivity index (χ4v) is 12.0. The van der Waals surface area contributed by atoms with Gasteiger partial charge in [-0.3, -0.25) is 24.3 Å². The highest BCUT2D eigenvalue weighted by molar-refractivity contribution is 5.83. The summed E-state index contributed by atoms with van der Waals surface area (Å²) in [6.45, 7) is 72.3. The molecule has 528 valence electrons. The predicted octanol–water partition coefficient (Wildman–Crippen LogP) is 26.5. The van der Waals surface area contributed by atoms with Gasteiger partial charge in [-0.25, -0.2) is 0 Å². The standard InChI is InChI=1S/3C12H18.2C11H17N.2C10H18N2.C10H17N/c3*1-9(2)11-7-5-6-8-12(11)10(3)4;2*1-8(2)10-5-6-12-7-11(10)9(3)4;1-7(2)9-6-12(5)11-10(9)8(3)4;1-7(2)9-6-11-12(5)10(9)8(3)4;1-7(2)9-5-11-6-10(9)8(3)4/h3*5-10H,1-4H3;2*5-9H,1-4H3;2*6-8H,1-5H3;5,7-8H,6H2,1-4H3. The van der Waals surface area contributed by atoms with E-state index < -0.39 is 0 Å². The molecule has 5 heterocycles. The molecule has 0 radical (unpaired) electrons. The Labute approximate surface area is 585 Å². The topological polar surface area (TPSA) is 73.8 Å². The number of benzene rings is 3. The van der Waals surface area contributed by atoms with Crippen molar-refractivity contribution in [2.24, 2.45) is 30.9 Å². The van der Waals surface area contributed by atoms with Gasteiger partial charge in [0.25, 0.3) is 0 Å². The number of pyridine rings is 2. The first-order chi connectivity index (χ1) is 44.3. The second kappa shape index (κ2) is 43.9. The van der Waals surface area contributed by atoms with Crippen LogP contribution in [0.5, 0.6) is 0 Å². The fraction of sp³-hybridized carbons (Fsp3) is 0.580. The number of aryl methyl sites for hydroxylation is 2. The summed E-state index contributed by atoms with van der Waals surface area (Å²) in [5.41, 5.74) is 22.9. The zero-order valence-electron chi connectivity index (χ0n) is 67.2. The van der Waals surface area contributed by atoms with Gasteiger partial charge in [-0.05, 0) is 185 Å². The van der Waals surface area contributed by atoms with E-state index in [0.29, 0.717) is 94.7 Å². The Morgan fingerprint density at radius 3 is 0.800 bits per heavy atom. The van der Waals surface area contributed by atoms with Crippen LogP contribution >= 0.6 is 0 Å². The van der Waals surface area contributed by atoms with Crippen LogP contribution in [0, 0.1) is 11.8 Å². The lowest BCUT2D eigenvalue weighted by atomic mass is 9.91. The number of hydrogen-bond donors (Lipinski definition) is 0. The monoisotopic (exact) mass is 1300 g/mol. The van der Waals surface area contributed by atoms with Gasteiger partial charge in [-0.1, -0.05) is 294 Å². The van der Waals surface area contributed by atoms with Crippen molar-refractivity contribution >= 4 is 6.21 Å². The Bertz CT molecular complexity index is 2780. The molecule has 1 aliphatic heterocycles. The predicted molar refractivity (Wildman–Crippen MR) is 422 cm³/mol. The van der Waals surface area contributed by atoms with Crippen molar-refractivity contribution in [3.8, 4) is 0 Å². The zero-order chi connectivity index (χ0) is 72.7. The summed E-state index contributed by atoms with van der Waals surface area (Å²) in [4.78, 5) is 12.6. The van der Waals surface area contributed by atoms with Gasteiger partial charge in [-0.2, -0.15) is 10.2 Å². The summed E-state index contributed by atoms with van der Waals surface area (Å²) < 4.78 is 3.89. The van der Waals surface area contributed by atoms with Gasteiger partial charge in [0.1, 0.15) is 0 Å². The average Bonchev–Trinajstić information content (AvgIpc) is 1.92. The molecule has 3 aromatic carbocycles. The molecule has 0 amide bonds. The van der Waals surface area contributed by atoms with Crippen LogP contribution in [0.4, 0.5) is 0 Å². The third kappa shape index (κ3) is 29.6. The Hall–Kier alpha value is -6.21. The van der Waals surface area contributed by atoms with Gasteiger partial charge in [0, 0.05) is 57.0 Å². The van der Waals surface area contributed by atoms with Crippen LogP contribution in [-0.4, -0.2) is 42.3 Å². The van der Waals surface area contributed by atoms with Crippen molar-refractivity contribution < 1.29 is 0 Å². The smallest absolute Gasteiger partial charge is 0.0684 e. The Morgan fingerprint density at radius 1 is 0.295 bits per heavy atom. The van der Waals surface area contributed by atoms with Crippen LogP contribution in [-0.2, 0) is 14.1 Å². The van der Waals surface area contributed by atoms with E-state index in [1.54, 1.807) is 0 Å². The molecule has 7 nitrogen and oxygen atoms in total. The fourth-order valence-electron chi connectivity index (χ4n) is 12.0. The van der Waals surface area contributed by atoms with Crippen molar-refractivity contribution in [3.63, 3.8) is 0 Å². The maximum absolute atomic E-state index is 4.45. The summed E-state index contributed by atoms with van der Waals surface area (Å²) >= 11 is 0. The van der Waals surface area contributed by atoms with E-state index in [-0.39, 0.29) is 0 Å². The van der Waals surface area contributed by atoms with Gasteiger partial charge in [-0.15, -0.1) is 0 Å². The van der Waals surface area contributed by atoms with Crippen molar-refractivity contribution in [2.45, 2.75) is 304 Å². The summed E-state index contributed by atoms with van der Waals surface area (Å²) in [5, 5.41) is 8.72. The van der Waals surface area contributed by atoms with E-state index in [0.717, 1.165) is 6.54 Å². The molecule has 8 rings (SSSR count). The Morgan fingerprint density at radius 2 is 0.589 bits per heavy atom. The highest BCUT2D eigenvalue weighted by Gasteiger charge is 2.18. The number of hydrogen-bond acceptors (Lipinski definition) is 5. The first kappa shape index (κ1) is 86.8. The minimum Gasteiger partial charge on any atom is -0.288 e. The van der Waals surface area contributed by atoms with Crippen LogP contribution in [0.2, 0.25) is 0 Å². The third-order valence-corrected chi connectivity index (χ3v) is 17.4. The average molecular weight is 1300 g/mol. The molecule has 0 saturated carbocycles. The third-order valence-electron chi connectivity index (χ3n) is 17.4. The summed E-state index contributed by atoms with van der Waals surface area (Å²) in [6, 6.07) is 30.4. The molecular weight excluding hydrogens is 1160 g/mol. The van der Waals surface area contributed by atoms with E-state index in [1.165, 1.54) is 89.3 Å². The highest BCUT2D eigenvalue weighted by Crippen LogP contribution is 2.31. The molecule has 0 bridgehead atoms. The van der Waals surface area contributed by atoms with E-state index in [1.807, 2.05) is 60.7 Å². The normalized spacial score (nSPS) is 12.0. The summed E-state index contributed by atoms with van der Waals surface area (Å²) in [7, 11) is 4.00. The largest absolute Gasteiger partial charge is 0.288 e. The molecule has 0 saturated heterocycles. The van der Waals surface area contributed by atoms with Gasteiger partial charge in [0.05, 0.1) is 18.4 Å². The molecule has 95 heavy (non-hydrogen) atoms. The molecule has 0 N–H and O–H groups in total. The van der Waals surface area contributed by atoms with E-state index in [4.69, 9.17) is 0 Å². The minimum absolute atomic E-state index is 0.531. The quantitative estimate of drug-likeness (QED) is 0.0966. The number of allylic oxidation sites excluding steroid dienone is 1. The number of rotatable bonds is 16. The number of nitrogens with zero attached hydrogens (tertiary/aromatic N) is 7. The second-order valence-corrected chi connectivity index (χ2v) is 31.1. The van der Waals surface area contributed by atoms with Crippen LogP contribution in [0.15, 0.2) is 138 Å². The van der Waals surface area contributed by atoms with Gasteiger partial charge in [0.15, 0.2) is 0 Å². The molecule has 4 aromatic heterocycles. The Kier molecular flexibility index (Phi) is 40.1. The van der Waals surface area contributed by atoms with Gasteiger partial charge >= 0.3 is 0 Å². The van der Waals surface area contributed by atoms with Gasteiger partial charge in [0.2, 0.25) is 0 Å². The molecule has 7 heteroatoms. The first-order valence-electron chi connectivity index (χ1n) is 36.7. The number of aliphatic imine (C=N–C) groups is 1. The molecule has 0 atom stereocenters. The Balaban J connectivity index is 0.000000543.